The number of nitrogens with zero attached hydrogens (tertiary/aromatic N) is 1. The van der Waals surface area contributed by atoms with E-state index in [2.05, 4.69) is 4.90 Å². The quantitative estimate of drug-likeness (QED) is 0.768. The van der Waals surface area contributed by atoms with Crippen molar-refractivity contribution in [3.05, 3.63) is 0 Å². The summed E-state index contributed by atoms with van der Waals surface area (Å²) in [7, 11) is 1.82. The highest BCUT2D eigenvalue weighted by atomic mass is 16.5. The Morgan fingerprint density at radius 2 is 2.19 bits per heavy atom. The maximum Gasteiger partial charge on any atom is 0.0594 e. The first-order valence-electron chi connectivity index (χ1n) is 6.36. The third-order valence-electron chi connectivity index (χ3n) is 4.17. The van der Waals surface area contributed by atoms with Crippen LogP contribution in [0.25, 0.3) is 0 Å². The number of hydrogen-bond donors (Lipinski definition) is 1. The fourth-order valence-corrected chi connectivity index (χ4v) is 3.13. The third kappa shape index (κ3) is 2.40. The first-order valence-corrected chi connectivity index (χ1v) is 6.36. The van der Waals surface area contributed by atoms with Crippen LogP contribution in [0.3, 0.4) is 0 Å². The molecule has 2 rings (SSSR count). The topological polar surface area (TPSA) is 47.7 Å². The molecule has 2 fully saturated rings. The zero-order valence-corrected chi connectivity index (χ0v) is 10.3. The predicted molar refractivity (Wildman–Crippen MR) is 63.4 cm³/mol. The molecule has 4 nitrogen and oxygen atoms in total. The summed E-state index contributed by atoms with van der Waals surface area (Å²) in [6.07, 6.45) is 5.10. The van der Waals surface area contributed by atoms with Crippen molar-refractivity contribution < 1.29 is 9.47 Å². The van der Waals surface area contributed by atoms with Gasteiger partial charge < -0.3 is 15.2 Å². The second kappa shape index (κ2) is 5.45. The highest BCUT2D eigenvalue weighted by Gasteiger charge is 2.40. The maximum atomic E-state index is 6.05. The van der Waals surface area contributed by atoms with Gasteiger partial charge in [0.25, 0.3) is 0 Å². The molecule has 2 atom stereocenters. The van der Waals surface area contributed by atoms with Crippen molar-refractivity contribution in [2.75, 3.05) is 40.0 Å². The van der Waals surface area contributed by atoms with Crippen molar-refractivity contribution >= 4 is 0 Å². The van der Waals surface area contributed by atoms with Crippen LogP contribution >= 0.6 is 0 Å². The maximum absolute atomic E-state index is 6.05. The Morgan fingerprint density at radius 3 is 2.81 bits per heavy atom. The van der Waals surface area contributed by atoms with E-state index in [9.17, 15) is 0 Å². The first-order chi connectivity index (χ1) is 7.80. The molecule has 0 spiro atoms. The summed E-state index contributed by atoms with van der Waals surface area (Å²) in [4.78, 5) is 2.53. The van der Waals surface area contributed by atoms with Crippen molar-refractivity contribution in [3.63, 3.8) is 0 Å². The highest BCUT2D eigenvalue weighted by Crippen LogP contribution is 2.34. The second-order valence-corrected chi connectivity index (χ2v) is 4.98. The Balaban J connectivity index is 2.04. The van der Waals surface area contributed by atoms with Crippen LogP contribution in [0.5, 0.6) is 0 Å². The van der Waals surface area contributed by atoms with Crippen molar-refractivity contribution in [1.29, 1.82) is 0 Å². The largest absolute Gasteiger partial charge is 0.381 e. The van der Waals surface area contributed by atoms with Crippen LogP contribution < -0.4 is 5.73 Å². The number of nitrogens with two attached hydrogens (primary N) is 1. The van der Waals surface area contributed by atoms with Crippen molar-refractivity contribution in [2.24, 2.45) is 5.73 Å². The van der Waals surface area contributed by atoms with Gasteiger partial charge in [0.15, 0.2) is 0 Å². The summed E-state index contributed by atoms with van der Waals surface area (Å²) >= 11 is 0. The molecule has 0 bridgehead atoms. The average molecular weight is 228 g/mol. The lowest BCUT2D eigenvalue weighted by Gasteiger charge is -2.49. The molecule has 0 amide bonds. The highest BCUT2D eigenvalue weighted by molar-refractivity contribution is 4.97. The lowest BCUT2D eigenvalue weighted by molar-refractivity contribution is -0.0639. The van der Waals surface area contributed by atoms with Crippen LogP contribution in [-0.4, -0.2) is 56.5 Å². The molecule has 0 aromatic heterocycles. The summed E-state index contributed by atoms with van der Waals surface area (Å²) in [6.45, 7) is 4.48. The van der Waals surface area contributed by atoms with Crippen LogP contribution in [0, 0.1) is 0 Å². The molecule has 1 aliphatic carbocycles. The number of rotatable bonds is 3. The molecule has 0 aromatic carbocycles. The molecule has 1 saturated heterocycles. The van der Waals surface area contributed by atoms with Gasteiger partial charge in [-0.15, -0.1) is 0 Å². The van der Waals surface area contributed by atoms with E-state index in [0.29, 0.717) is 6.10 Å². The minimum Gasteiger partial charge on any atom is -0.381 e. The summed E-state index contributed by atoms with van der Waals surface area (Å²) in [5.41, 5.74) is 6.22. The number of methoxy groups -OCH3 is 1. The molecule has 1 saturated carbocycles. The Hall–Kier alpha value is -0.160. The van der Waals surface area contributed by atoms with E-state index in [-0.39, 0.29) is 5.54 Å². The van der Waals surface area contributed by atoms with Gasteiger partial charge in [-0.05, 0) is 25.7 Å². The van der Waals surface area contributed by atoms with Crippen LogP contribution in [0.1, 0.15) is 25.7 Å². The van der Waals surface area contributed by atoms with E-state index in [1.165, 1.54) is 19.3 Å². The number of ether oxygens (including phenoxy) is 2. The van der Waals surface area contributed by atoms with E-state index in [1.54, 1.807) is 0 Å². The lowest BCUT2D eigenvalue weighted by atomic mass is 9.78. The summed E-state index contributed by atoms with van der Waals surface area (Å²) in [6, 6.07) is 0. The smallest absolute Gasteiger partial charge is 0.0594 e. The molecular weight excluding hydrogens is 204 g/mol. The SMILES string of the molecule is COC1CCCC(CN)(N2CCOCC2)C1. The Bertz CT molecular complexity index is 219. The van der Waals surface area contributed by atoms with Crippen molar-refractivity contribution in [3.8, 4) is 0 Å². The van der Waals surface area contributed by atoms with E-state index >= 15 is 0 Å². The zero-order chi connectivity index (χ0) is 11.4. The van der Waals surface area contributed by atoms with Gasteiger partial charge in [-0.25, -0.2) is 0 Å². The first kappa shape index (κ1) is 12.3. The normalized spacial score (nSPS) is 37.5. The van der Waals surface area contributed by atoms with Gasteiger partial charge >= 0.3 is 0 Å². The van der Waals surface area contributed by atoms with Crippen LogP contribution in [0.4, 0.5) is 0 Å². The van der Waals surface area contributed by atoms with Gasteiger partial charge in [0.05, 0.1) is 19.3 Å². The summed E-state index contributed by atoms with van der Waals surface area (Å²) in [5, 5.41) is 0. The third-order valence-corrected chi connectivity index (χ3v) is 4.17. The van der Waals surface area contributed by atoms with E-state index in [4.69, 9.17) is 15.2 Å². The summed E-state index contributed by atoms with van der Waals surface area (Å²) in [5.74, 6) is 0. The zero-order valence-electron chi connectivity index (χ0n) is 10.3. The molecular formula is C12H24N2O2. The molecule has 2 aliphatic rings. The molecule has 16 heavy (non-hydrogen) atoms. The van der Waals surface area contributed by atoms with Gasteiger partial charge in [0, 0.05) is 32.3 Å². The standard InChI is InChI=1S/C12H24N2O2/c1-15-11-3-2-4-12(9-11,10-13)14-5-7-16-8-6-14/h11H,2-10,13H2,1H3. The van der Waals surface area contributed by atoms with Crippen LogP contribution in [-0.2, 0) is 9.47 Å². The van der Waals surface area contributed by atoms with Gasteiger partial charge in [-0.2, -0.15) is 0 Å². The van der Waals surface area contributed by atoms with Crippen molar-refractivity contribution in [1.82, 2.24) is 4.90 Å². The molecule has 4 heteroatoms. The molecule has 1 heterocycles. The lowest BCUT2D eigenvalue weighted by Crippen LogP contribution is -2.60. The molecule has 94 valence electrons. The van der Waals surface area contributed by atoms with Gasteiger partial charge in [0.2, 0.25) is 0 Å². The molecule has 1 aliphatic heterocycles. The number of hydrogen-bond acceptors (Lipinski definition) is 4. The van der Waals surface area contributed by atoms with Crippen molar-refractivity contribution in [2.45, 2.75) is 37.3 Å². The predicted octanol–water partition coefficient (Wildman–Crippen LogP) is 0.605. The van der Waals surface area contributed by atoms with E-state index < -0.39 is 0 Å². The molecule has 0 radical (unpaired) electrons. The van der Waals surface area contributed by atoms with Gasteiger partial charge in [-0.1, -0.05) is 0 Å². The molecule has 0 aromatic rings. The van der Waals surface area contributed by atoms with Gasteiger partial charge in [0.1, 0.15) is 0 Å². The summed E-state index contributed by atoms with van der Waals surface area (Å²) < 4.78 is 10.9. The fourth-order valence-electron chi connectivity index (χ4n) is 3.13. The minimum absolute atomic E-state index is 0.169. The Labute approximate surface area is 98.1 Å². The monoisotopic (exact) mass is 228 g/mol. The number of morpholine rings is 1. The van der Waals surface area contributed by atoms with Crippen LogP contribution in [0.2, 0.25) is 0 Å². The minimum atomic E-state index is 0.169. The molecule has 2 unspecified atom stereocenters. The Morgan fingerprint density at radius 1 is 1.44 bits per heavy atom. The second-order valence-electron chi connectivity index (χ2n) is 4.98. The van der Waals surface area contributed by atoms with E-state index in [0.717, 1.165) is 39.3 Å². The molecule has 2 N–H and O–H groups in total. The average Bonchev–Trinajstić information content (AvgIpc) is 2.39. The van der Waals surface area contributed by atoms with Gasteiger partial charge in [-0.3, -0.25) is 4.90 Å². The van der Waals surface area contributed by atoms with Crippen LogP contribution in [0.15, 0.2) is 0 Å². The van der Waals surface area contributed by atoms with E-state index in [1.807, 2.05) is 7.11 Å². The fraction of sp³-hybridized carbons (Fsp3) is 1.00. The Kier molecular flexibility index (Phi) is 4.19.